The van der Waals surface area contributed by atoms with Gasteiger partial charge in [-0.05, 0) is 31.4 Å². The lowest BCUT2D eigenvalue weighted by Gasteiger charge is -2.19. The Hall–Kier alpha value is -2.34. The summed E-state index contributed by atoms with van der Waals surface area (Å²) in [6.07, 6.45) is 1.64. The summed E-state index contributed by atoms with van der Waals surface area (Å²) in [6.45, 7) is 5.76. The highest BCUT2D eigenvalue weighted by Gasteiger charge is 2.15. The van der Waals surface area contributed by atoms with Gasteiger partial charge in [-0.3, -0.25) is 5.32 Å². The smallest absolute Gasteiger partial charge is 0.320 e. The van der Waals surface area contributed by atoms with Crippen molar-refractivity contribution in [3.8, 4) is 5.69 Å². The number of aliphatic hydroxyl groups is 1. The lowest BCUT2D eigenvalue weighted by Crippen LogP contribution is -2.41. The number of aromatic nitrogens is 2. The topological polar surface area (TPSA) is 79.2 Å². The predicted molar refractivity (Wildman–Crippen MR) is 86.2 cm³/mol. The zero-order chi connectivity index (χ0) is 16.1. The first-order valence-electron chi connectivity index (χ1n) is 7.31. The lowest BCUT2D eigenvalue weighted by molar-refractivity contribution is 0.204. The highest BCUT2D eigenvalue weighted by atomic mass is 16.3. The predicted octanol–water partition coefficient (Wildman–Crippen LogP) is 2.32. The largest absolute Gasteiger partial charge is 0.396 e. The maximum Gasteiger partial charge on any atom is 0.320 e. The van der Waals surface area contributed by atoms with Gasteiger partial charge >= 0.3 is 6.03 Å². The molecule has 1 heterocycles. The van der Waals surface area contributed by atoms with Gasteiger partial charge in [-0.1, -0.05) is 25.1 Å². The lowest BCUT2D eigenvalue weighted by atomic mass is 10.1. The summed E-state index contributed by atoms with van der Waals surface area (Å²) < 4.78 is 1.69. The van der Waals surface area contributed by atoms with Crippen molar-refractivity contribution in [3.63, 3.8) is 0 Å². The minimum Gasteiger partial charge on any atom is -0.396 e. The van der Waals surface area contributed by atoms with Crippen molar-refractivity contribution in [1.82, 2.24) is 15.1 Å². The van der Waals surface area contributed by atoms with E-state index in [0.717, 1.165) is 11.3 Å². The first-order chi connectivity index (χ1) is 10.5. The molecule has 2 amide bonds. The van der Waals surface area contributed by atoms with Crippen LogP contribution in [0.1, 0.15) is 19.4 Å². The third-order valence-electron chi connectivity index (χ3n) is 3.73. The average Bonchev–Trinajstić information content (AvgIpc) is 2.94. The Morgan fingerprint density at radius 2 is 2.05 bits per heavy atom. The number of benzene rings is 1. The van der Waals surface area contributed by atoms with Gasteiger partial charge in [-0.25, -0.2) is 9.48 Å². The fraction of sp³-hybridized carbons (Fsp3) is 0.375. The summed E-state index contributed by atoms with van der Waals surface area (Å²) in [4.78, 5) is 12.1. The molecule has 0 saturated carbocycles. The van der Waals surface area contributed by atoms with Gasteiger partial charge < -0.3 is 10.4 Å². The Bertz CT molecular complexity index is 639. The van der Waals surface area contributed by atoms with Gasteiger partial charge in [0.15, 0.2) is 0 Å². The summed E-state index contributed by atoms with van der Waals surface area (Å²) in [5, 5.41) is 19.0. The van der Waals surface area contributed by atoms with Crippen LogP contribution in [-0.2, 0) is 0 Å². The zero-order valence-electron chi connectivity index (χ0n) is 13.1. The molecule has 0 aliphatic rings. The minimum atomic E-state index is -0.317. The van der Waals surface area contributed by atoms with E-state index in [9.17, 15) is 4.79 Å². The molecule has 22 heavy (non-hydrogen) atoms. The van der Waals surface area contributed by atoms with Crippen molar-refractivity contribution in [1.29, 1.82) is 0 Å². The van der Waals surface area contributed by atoms with Gasteiger partial charge in [0.05, 0.1) is 11.9 Å². The molecule has 0 spiro atoms. The minimum absolute atomic E-state index is 0.00738. The second-order valence-corrected chi connectivity index (χ2v) is 5.46. The van der Waals surface area contributed by atoms with Crippen LogP contribution >= 0.6 is 0 Å². The molecule has 0 radical (unpaired) electrons. The van der Waals surface area contributed by atoms with E-state index in [1.807, 2.05) is 45.0 Å². The van der Waals surface area contributed by atoms with Crippen LogP contribution in [-0.4, -0.2) is 33.6 Å². The summed E-state index contributed by atoms with van der Waals surface area (Å²) in [7, 11) is 0. The summed E-state index contributed by atoms with van der Waals surface area (Å²) in [5.74, 6) is 0.586. The Morgan fingerprint density at radius 1 is 1.32 bits per heavy atom. The molecule has 118 valence electrons. The molecule has 3 N–H and O–H groups in total. The molecule has 0 aliphatic carbocycles. The van der Waals surface area contributed by atoms with Crippen LogP contribution in [0.4, 0.5) is 10.6 Å². The van der Waals surface area contributed by atoms with E-state index in [-0.39, 0.29) is 24.6 Å². The summed E-state index contributed by atoms with van der Waals surface area (Å²) >= 11 is 0. The number of carbonyl (C=O) groups excluding carboxylic acids is 1. The van der Waals surface area contributed by atoms with Gasteiger partial charge in [-0.15, -0.1) is 0 Å². The molecule has 6 nitrogen and oxygen atoms in total. The Labute approximate surface area is 130 Å². The Kier molecular flexibility index (Phi) is 5.16. The second-order valence-electron chi connectivity index (χ2n) is 5.46. The van der Waals surface area contributed by atoms with Gasteiger partial charge in [-0.2, -0.15) is 5.10 Å². The van der Waals surface area contributed by atoms with Crippen molar-refractivity contribution in [3.05, 3.63) is 42.1 Å². The molecule has 2 rings (SSSR count). The molecule has 0 unspecified atom stereocenters. The molecule has 1 aromatic carbocycles. The van der Waals surface area contributed by atoms with Crippen molar-refractivity contribution in [2.45, 2.75) is 26.8 Å². The monoisotopic (exact) mass is 302 g/mol. The SMILES string of the molecule is Cc1ccccc1-n1nccc1NC(=O)N[C@@H](C)[C@@H](C)CO. The van der Waals surface area contributed by atoms with Crippen LogP contribution in [0.25, 0.3) is 5.69 Å². The van der Waals surface area contributed by atoms with Gasteiger partial charge in [0.25, 0.3) is 0 Å². The van der Waals surface area contributed by atoms with Crippen LogP contribution in [0, 0.1) is 12.8 Å². The molecule has 2 aromatic rings. The van der Waals surface area contributed by atoms with Gasteiger partial charge in [0, 0.05) is 18.7 Å². The fourth-order valence-electron chi connectivity index (χ4n) is 2.05. The van der Waals surface area contributed by atoms with E-state index in [0.29, 0.717) is 5.82 Å². The number of para-hydroxylation sites is 1. The van der Waals surface area contributed by atoms with E-state index in [4.69, 9.17) is 5.11 Å². The number of carbonyl (C=O) groups is 1. The average molecular weight is 302 g/mol. The number of urea groups is 1. The van der Waals surface area contributed by atoms with E-state index < -0.39 is 0 Å². The van der Waals surface area contributed by atoms with Crippen molar-refractivity contribution in [2.24, 2.45) is 5.92 Å². The maximum atomic E-state index is 12.1. The number of nitrogens with one attached hydrogen (secondary N) is 2. The number of hydrogen-bond donors (Lipinski definition) is 3. The van der Waals surface area contributed by atoms with Crippen LogP contribution in [0.2, 0.25) is 0 Å². The number of nitrogens with zero attached hydrogens (tertiary/aromatic N) is 2. The van der Waals surface area contributed by atoms with E-state index in [1.54, 1.807) is 16.9 Å². The normalized spacial score (nSPS) is 13.5. The molecular formula is C16H22N4O2. The first-order valence-corrected chi connectivity index (χ1v) is 7.31. The molecule has 0 fully saturated rings. The maximum absolute atomic E-state index is 12.1. The Balaban J connectivity index is 2.11. The number of aliphatic hydroxyl groups excluding tert-OH is 1. The zero-order valence-corrected chi connectivity index (χ0v) is 13.1. The summed E-state index contributed by atoms with van der Waals surface area (Å²) in [6, 6.07) is 9.13. The molecule has 1 aromatic heterocycles. The van der Waals surface area contributed by atoms with E-state index in [2.05, 4.69) is 15.7 Å². The van der Waals surface area contributed by atoms with E-state index in [1.165, 1.54) is 0 Å². The second kappa shape index (κ2) is 7.09. The highest BCUT2D eigenvalue weighted by Crippen LogP contribution is 2.18. The third-order valence-corrected chi connectivity index (χ3v) is 3.73. The first kappa shape index (κ1) is 16.0. The van der Waals surface area contributed by atoms with Crippen LogP contribution in [0.15, 0.2) is 36.5 Å². The number of hydrogen-bond acceptors (Lipinski definition) is 3. The highest BCUT2D eigenvalue weighted by molar-refractivity contribution is 5.88. The number of rotatable bonds is 5. The van der Waals surface area contributed by atoms with Gasteiger partial charge in [0.1, 0.15) is 5.82 Å². The van der Waals surface area contributed by atoms with Crippen molar-refractivity contribution in [2.75, 3.05) is 11.9 Å². The molecule has 2 atom stereocenters. The molecule has 0 saturated heterocycles. The molecule has 0 bridgehead atoms. The van der Waals surface area contributed by atoms with Gasteiger partial charge in [0.2, 0.25) is 0 Å². The summed E-state index contributed by atoms with van der Waals surface area (Å²) in [5.41, 5.74) is 1.98. The molecular weight excluding hydrogens is 280 g/mol. The van der Waals surface area contributed by atoms with Crippen LogP contribution in [0.3, 0.4) is 0 Å². The number of aryl methyl sites for hydroxylation is 1. The third kappa shape index (κ3) is 3.65. The van der Waals surface area contributed by atoms with Crippen LogP contribution in [0.5, 0.6) is 0 Å². The fourth-order valence-corrected chi connectivity index (χ4v) is 2.05. The van der Waals surface area contributed by atoms with Crippen LogP contribution < -0.4 is 10.6 Å². The molecule has 0 aliphatic heterocycles. The quantitative estimate of drug-likeness (QED) is 0.793. The number of amides is 2. The molecule has 6 heteroatoms. The standard InChI is InChI=1S/C16H22N4O2/c1-11-6-4-5-7-14(11)20-15(8-9-17-20)19-16(22)18-13(3)12(2)10-21/h4-9,12-13,21H,10H2,1-3H3,(H2,18,19,22)/t12-,13-/m0/s1. The van der Waals surface area contributed by atoms with E-state index >= 15 is 0 Å². The van der Waals surface area contributed by atoms with Crippen molar-refractivity contribution < 1.29 is 9.90 Å². The van der Waals surface area contributed by atoms with Crippen molar-refractivity contribution >= 4 is 11.8 Å². The Morgan fingerprint density at radius 3 is 2.73 bits per heavy atom. The number of anilines is 1.